The number of fused-ring (bicyclic) bond motifs is 1. The van der Waals surface area contributed by atoms with Crippen molar-refractivity contribution in [1.29, 1.82) is 0 Å². The van der Waals surface area contributed by atoms with Gasteiger partial charge in [0, 0.05) is 11.8 Å². The van der Waals surface area contributed by atoms with E-state index in [0.29, 0.717) is 28.5 Å². The fourth-order valence-corrected chi connectivity index (χ4v) is 3.24. The van der Waals surface area contributed by atoms with E-state index in [1.54, 1.807) is 12.3 Å². The first-order valence-corrected chi connectivity index (χ1v) is 9.28. The van der Waals surface area contributed by atoms with Crippen molar-refractivity contribution in [3.63, 3.8) is 0 Å². The highest BCUT2D eigenvalue weighted by molar-refractivity contribution is 5.97. The monoisotopic (exact) mass is 400 g/mol. The molecule has 0 spiro atoms. The third-order valence-corrected chi connectivity index (χ3v) is 4.64. The Morgan fingerprint density at radius 1 is 1.03 bits per heavy atom. The van der Waals surface area contributed by atoms with Gasteiger partial charge in [-0.1, -0.05) is 35.5 Å². The van der Waals surface area contributed by atoms with Crippen LogP contribution in [0.1, 0.15) is 5.56 Å². The summed E-state index contributed by atoms with van der Waals surface area (Å²) in [6.07, 6.45) is 3.26. The third-order valence-electron chi connectivity index (χ3n) is 4.64. The Bertz CT molecular complexity index is 1190. The van der Waals surface area contributed by atoms with Crippen molar-refractivity contribution in [2.75, 3.05) is 12.1 Å². The Kier molecular flexibility index (Phi) is 4.57. The topological polar surface area (TPSA) is 99.4 Å². The molecule has 2 aromatic carbocycles. The van der Waals surface area contributed by atoms with Crippen molar-refractivity contribution < 1.29 is 18.8 Å². The van der Waals surface area contributed by atoms with Gasteiger partial charge in [0.15, 0.2) is 11.5 Å². The van der Waals surface area contributed by atoms with E-state index < -0.39 is 0 Å². The second kappa shape index (κ2) is 7.67. The van der Waals surface area contributed by atoms with Crippen molar-refractivity contribution in [2.24, 2.45) is 0 Å². The molecule has 1 aliphatic rings. The number of hydrogen-bond acceptors (Lipinski definition) is 7. The molecule has 0 saturated heterocycles. The van der Waals surface area contributed by atoms with Crippen molar-refractivity contribution >= 4 is 11.8 Å². The first-order valence-electron chi connectivity index (χ1n) is 9.28. The maximum Gasteiger partial charge on any atom is 0.241 e. The van der Waals surface area contributed by atoms with Gasteiger partial charge in [0.05, 0.1) is 17.7 Å². The van der Waals surface area contributed by atoms with E-state index in [0.717, 1.165) is 11.1 Å². The lowest BCUT2D eigenvalue weighted by molar-refractivity contribution is -0.115. The molecule has 0 bridgehead atoms. The summed E-state index contributed by atoms with van der Waals surface area (Å²) in [5.41, 5.74) is 3.32. The third kappa shape index (κ3) is 3.46. The Morgan fingerprint density at radius 3 is 2.73 bits per heavy atom. The number of benzene rings is 2. The number of carbonyl (C=O) groups is 1. The van der Waals surface area contributed by atoms with Gasteiger partial charge in [-0.3, -0.25) is 10.1 Å². The number of anilines is 1. The zero-order chi connectivity index (χ0) is 20.3. The summed E-state index contributed by atoms with van der Waals surface area (Å²) >= 11 is 0. The van der Waals surface area contributed by atoms with Gasteiger partial charge in [0.1, 0.15) is 12.0 Å². The summed E-state index contributed by atoms with van der Waals surface area (Å²) in [7, 11) is 0. The van der Waals surface area contributed by atoms with Crippen LogP contribution in [0.4, 0.5) is 5.88 Å². The van der Waals surface area contributed by atoms with Gasteiger partial charge in [0.25, 0.3) is 0 Å². The van der Waals surface area contributed by atoms with Gasteiger partial charge in [-0.15, -0.1) is 0 Å². The minimum atomic E-state index is -0.218. The van der Waals surface area contributed by atoms with Crippen LogP contribution < -0.4 is 14.8 Å². The van der Waals surface area contributed by atoms with Crippen LogP contribution in [0.25, 0.3) is 22.5 Å². The molecule has 0 saturated carbocycles. The Labute approximate surface area is 171 Å². The first kappa shape index (κ1) is 17.9. The quantitative estimate of drug-likeness (QED) is 0.545. The number of aromatic nitrogens is 3. The summed E-state index contributed by atoms with van der Waals surface area (Å²) in [5.74, 6) is 1.30. The van der Waals surface area contributed by atoms with E-state index in [1.165, 1.54) is 6.33 Å². The Morgan fingerprint density at radius 2 is 1.90 bits per heavy atom. The number of rotatable bonds is 5. The molecule has 8 nitrogen and oxygen atoms in total. The lowest BCUT2D eigenvalue weighted by Crippen LogP contribution is -2.14. The SMILES string of the molecule is O=C(Cc1ccccc1)Nc1onc(-c2ccc3c(c2)OCO3)c1-c1ccncn1. The number of nitrogens with one attached hydrogen (secondary N) is 1. The predicted molar refractivity (Wildman–Crippen MR) is 108 cm³/mol. The Hall–Kier alpha value is -4.20. The van der Waals surface area contributed by atoms with Crippen LogP contribution in [-0.2, 0) is 11.2 Å². The highest BCUT2D eigenvalue weighted by Crippen LogP contribution is 2.41. The summed E-state index contributed by atoms with van der Waals surface area (Å²) < 4.78 is 16.4. The van der Waals surface area contributed by atoms with Crippen LogP contribution in [0.15, 0.2) is 71.6 Å². The number of nitrogens with zero attached hydrogens (tertiary/aromatic N) is 3. The van der Waals surface area contributed by atoms with Crippen molar-refractivity contribution in [3.8, 4) is 34.0 Å². The molecule has 0 radical (unpaired) electrons. The first-order chi connectivity index (χ1) is 14.8. The second-order valence-corrected chi connectivity index (χ2v) is 6.61. The fraction of sp³-hybridized carbons (Fsp3) is 0.0909. The smallest absolute Gasteiger partial charge is 0.241 e. The van der Waals surface area contributed by atoms with E-state index >= 15 is 0 Å². The number of hydrogen-bond donors (Lipinski definition) is 1. The van der Waals surface area contributed by atoms with Crippen molar-refractivity contribution in [1.82, 2.24) is 15.1 Å². The van der Waals surface area contributed by atoms with Crippen LogP contribution in [-0.4, -0.2) is 27.8 Å². The molecule has 5 rings (SSSR count). The largest absolute Gasteiger partial charge is 0.454 e. The minimum Gasteiger partial charge on any atom is -0.454 e. The minimum absolute atomic E-state index is 0.178. The normalized spacial score (nSPS) is 12.0. The molecular weight excluding hydrogens is 384 g/mol. The molecule has 1 aliphatic heterocycles. The summed E-state index contributed by atoms with van der Waals surface area (Å²) in [4.78, 5) is 20.9. The summed E-state index contributed by atoms with van der Waals surface area (Å²) in [6.45, 7) is 0.178. The molecule has 1 amide bonds. The van der Waals surface area contributed by atoms with Gasteiger partial charge in [-0.05, 0) is 29.8 Å². The van der Waals surface area contributed by atoms with Gasteiger partial charge in [-0.2, -0.15) is 0 Å². The van der Waals surface area contributed by atoms with E-state index in [2.05, 4.69) is 20.4 Å². The lowest BCUT2D eigenvalue weighted by Gasteiger charge is -2.06. The van der Waals surface area contributed by atoms with Crippen LogP contribution >= 0.6 is 0 Å². The summed E-state index contributed by atoms with van der Waals surface area (Å²) in [6, 6.07) is 16.7. The molecule has 8 heteroatoms. The molecule has 0 atom stereocenters. The standard InChI is InChI=1S/C22H16N4O4/c27-19(10-14-4-2-1-3-5-14)25-22-20(16-8-9-23-12-24-16)21(26-30-22)15-6-7-17-18(11-15)29-13-28-17/h1-9,11-12H,10,13H2,(H,25,27). The fourth-order valence-electron chi connectivity index (χ4n) is 3.24. The Balaban J connectivity index is 1.51. The number of amides is 1. The van der Waals surface area contributed by atoms with Crippen LogP contribution in [0, 0.1) is 0 Å². The summed E-state index contributed by atoms with van der Waals surface area (Å²) in [5, 5.41) is 7.02. The van der Waals surface area contributed by atoms with E-state index in [4.69, 9.17) is 14.0 Å². The van der Waals surface area contributed by atoms with Gasteiger partial charge in [-0.25, -0.2) is 9.97 Å². The van der Waals surface area contributed by atoms with Crippen LogP contribution in [0.3, 0.4) is 0 Å². The van der Waals surface area contributed by atoms with Crippen molar-refractivity contribution in [2.45, 2.75) is 6.42 Å². The van der Waals surface area contributed by atoms with Gasteiger partial charge < -0.3 is 14.0 Å². The molecule has 148 valence electrons. The molecule has 3 heterocycles. The van der Waals surface area contributed by atoms with Crippen LogP contribution in [0.2, 0.25) is 0 Å². The average molecular weight is 400 g/mol. The van der Waals surface area contributed by atoms with Crippen LogP contribution in [0.5, 0.6) is 11.5 Å². The molecular formula is C22H16N4O4. The van der Waals surface area contributed by atoms with Gasteiger partial charge in [0.2, 0.25) is 18.6 Å². The van der Waals surface area contributed by atoms with E-state index in [-0.39, 0.29) is 25.0 Å². The molecule has 2 aromatic heterocycles. The predicted octanol–water partition coefficient (Wildman–Crippen LogP) is 3.71. The second-order valence-electron chi connectivity index (χ2n) is 6.61. The van der Waals surface area contributed by atoms with E-state index in [9.17, 15) is 4.79 Å². The number of carbonyl (C=O) groups excluding carboxylic acids is 1. The zero-order valence-corrected chi connectivity index (χ0v) is 15.7. The van der Waals surface area contributed by atoms with Gasteiger partial charge >= 0.3 is 0 Å². The maximum absolute atomic E-state index is 12.6. The maximum atomic E-state index is 12.6. The lowest BCUT2D eigenvalue weighted by atomic mass is 10.0. The average Bonchev–Trinajstić information content (AvgIpc) is 3.41. The molecule has 30 heavy (non-hydrogen) atoms. The molecule has 0 fully saturated rings. The van der Waals surface area contributed by atoms with Crippen molar-refractivity contribution in [3.05, 3.63) is 72.7 Å². The molecule has 4 aromatic rings. The molecule has 0 aliphatic carbocycles. The number of ether oxygens (including phenoxy) is 2. The highest BCUT2D eigenvalue weighted by atomic mass is 16.7. The zero-order valence-electron chi connectivity index (χ0n) is 15.7. The molecule has 1 N–H and O–H groups in total. The molecule has 0 unspecified atom stereocenters. The highest BCUT2D eigenvalue weighted by Gasteiger charge is 2.24. The van der Waals surface area contributed by atoms with E-state index in [1.807, 2.05) is 48.5 Å².